The summed E-state index contributed by atoms with van der Waals surface area (Å²) in [5.74, 6) is 0.934. The zero-order chi connectivity index (χ0) is 13.9. The number of phenolic OH excluding ortho intramolecular Hbond substituents is 1. The van der Waals surface area contributed by atoms with Crippen LogP contribution in [0.2, 0.25) is 0 Å². The largest absolute Gasteiger partial charge is 0.507 e. The third-order valence-electron chi connectivity index (χ3n) is 3.11. The maximum Gasteiger partial charge on any atom is 0.131 e. The number of aliphatic hydroxyl groups excluding tert-OH is 1. The van der Waals surface area contributed by atoms with Gasteiger partial charge >= 0.3 is 0 Å². The van der Waals surface area contributed by atoms with Gasteiger partial charge in [-0.15, -0.1) is 0 Å². The lowest BCUT2D eigenvalue weighted by Crippen LogP contribution is -2.32. The van der Waals surface area contributed by atoms with E-state index < -0.39 is 11.5 Å². The number of ether oxygens (including phenoxy) is 2. The molecule has 18 heavy (non-hydrogen) atoms. The highest BCUT2D eigenvalue weighted by atomic mass is 16.5. The molecule has 0 aromatic heterocycles. The summed E-state index contributed by atoms with van der Waals surface area (Å²) in [5, 5.41) is 19.4. The van der Waals surface area contributed by atoms with E-state index in [4.69, 9.17) is 15.2 Å². The molecular weight excluding hydrogens is 234 g/mol. The van der Waals surface area contributed by atoms with Crippen molar-refractivity contribution in [3.63, 3.8) is 0 Å². The minimum atomic E-state index is -0.570. The summed E-state index contributed by atoms with van der Waals surface area (Å²) in [7, 11) is 3.00. The van der Waals surface area contributed by atoms with Crippen LogP contribution in [0.15, 0.2) is 12.1 Å². The van der Waals surface area contributed by atoms with Gasteiger partial charge in [-0.2, -0.15) is 0 Å². The molecule has 5 heteroatoms. The second kappa shape index (κ2) is 5.46. The molecule has 0 aliphatic heterocycles. The number of hydrogen-bond donors (Lipinski definition) is 3. The predicted molar refractivity (Wildman–Crippen MR) is 69.0 cm³/mol. The summed E-state index contributed by atoms with van der Waals surface area (Å²) in [4.78, 5) is 0. The molecule has 0 amide bonds. The Balaban J connectivity index is 3.31. The van der Waals surface area contributed by atoms with Crippen LogP contribution in [0.1, 0.15) is 25.5 Å². The molecule has 1 aromatic rings. The highest BCUT2D eigenvalue weighted by Crippen LogP contribution is 2.42. The Morgan fingerprint density at radius 2 is 1.89 bits per heavy atom. The first kappa shape index (κ1) is 14.6. The molecular formula is C13H21NO4. The van der Waals surface area contributed by atoms with E-state index in [9.17, 15) is 10.2 Å². The van der Waals surface area contributed by atoms with Gasteiger partial charge in [0, 0.05) is 30.2 Å². The Bertz CT molecular complexity index is 418. The molecule has 5 nitrogen and oxygen atoms in total. The van der Waals surface area contributed by atoms with Gasteiger partial charge in [-0.3, -0.25) is 0 Å². The van der Waals surface area contributed by atoms with Crippen molar-refractivity contribution < 1.29 is 19.7 Å². The Kier molecular flexibility index (Phi) is 4.43. The first-order valence-electron chi connectivity index (χ1n) is 5.68. The van der Waals surface area contributed by atoms with Crippen LogP contribution in [0.25, 0.3) is 0 Å². The van der Waals surface area contributed by atoms with Crippen LogP contribution in [0, 0.1) is 5.41 Å². The number of methoxy groups -OCH3 is 2. The van der Waals surface area contributed by atoms with Gasteiger partial charge < -0.3 is 25.4 Å². The third-order valence-corrected chi connectivity index (χ3v) is 3.11. The summed E-state index contributed by atoms with van der Waals surface area (Å²) >= 11 is 0. The van der Waals surface area contributed by atoms with Crippen molar-refractivity contribution in [2.45, 2.75) is 19.9 Å². The van der Waals surface area contributed by atoms with Crippen LogP contribution in [-0.2, 0) is 0 Å². The van der Waals surface area contributed by atoms with Crippen molar-refractivity contribution in [1.29, 1.82) is 0 Å². The van der Waals surface area contributed by atoms with Gasteiger partial charge in [-0.05, 0) is 0 Å². The van der Waals surface area contributed by atoms with Crippen LogP contribution < -0.4 is 15.2 Å². The van der Waals surface area contributed by atoms with Crippen molar-refractivity contribution in [1.82, 2.24) is 0 Å². The quantitative estimate of drug-likeness (QED) is 0.741. The van der Waals surface area contributed by atoms with Gasteiger partial charge in [0.2, 0.25) is 0 Å². The molecule has 0 radical (unpaired) electrons. The molecule has 0 aliphatic rings. The lowest BCUT2D eigenvalue weighted by Gasteiger charge is -2.31. The monoisotopic (exact) mass is 255 g/mol. The second-order valence-corrected chi connectivity index (χ2v) is 4.89. The molecule has 1 atom stereocenters. The molecule has 0 heterocycles. The highest BCUT2D eigenvalue weighted by Gasteiger charge is 2.31. The van der Waals surface area contributed by atoms with Crippen LogP contribution in [0.5, 0.6) is 17.2 Å². The van der Waals surface area contributed by atoms with E-state index in [1.54, 1.807) is 6.07 Å². The number of benzene rings is 1. The second-order valence-electron chi connectivity index (χ2n) is 4.89. The molecule has 1 aromatic carbocycles. The SMILES string of the molecule is COc1cc(O)c([C@H](N)C(C)(C)CO)c(OC)c1. The Hall–Kier alpha value is -1.46. The van der Waals surface area contributed by atoms with Crippen LogP contribution in [-0.4, -0.2) is 31.0 Å². The van der Waals surface area contributed by atoms with E-state index in [-0.39, 0.29) is 12.4 Å². The molecule has 0 saturated heterocycles. The zero-order valence-corrected chi connectivity index (χ0v) is 11.2. The minimum Gasteiger partial charge on any atom is -0.507 e. The predicted octanol–water partition coefficient (Wildman–Crippen LogP) is 1.43. The smallest absolute Gasteiger partial charge is 0.131 e. The molecule has 0 unspecified atom stereocenters. The first-order chi connectivity index (χ1) is 8.37. The van der Waals surface area contributed by atoms with Crippen molar-refractivity contribution in [2.75, 3.05) is 20.8 Å². The lowest BCUT2D eigenvalue weighted by molar-refractivity contribution is 0.130. The Labute approximate surface area is 107 Å². The normalized spacial score (nSPS) is 13.2. The van der Waals surface area contributed by atoms with Crippen LogP contribution in [0.4, 0.5) is 0 Å². The van der Waals surface area contributed by atoms with E-state index in [0.29, 0.717) is 17.1 Å². The summed E-state index contributed by atoms with van der Waals surface area (Å²) in [6.45, 7) is 3.55. The average Bonchev–Trinajstić information content (AvgIpc) is 2.36. The molecule has 1 rings (SSSR count). The van der Waals surface area contributed by atoms with Gasteiger partial charge in [0.25, 0.3) is 0 Å². The molecule has 0 aliphatic carbocycles. The fourth-order valence-electron chi connectivity index (χ4n) is 1.68. The lowest BCUT2D eigenvalue weighted by atomic mass is 9.81. The minimum absolute atomic E-state index is 0.000208. The highest BCUT2D eigenvalue weighted by molar-refractivity contribution is 5.52. The number of nitrogens with two attached hydrogens (primary N) is 1. The van der Waals surface area contributed by atoms with Crippen molar-refractivity contribution in [3.8, 4) is 17.2 Å². The number of rotatable bonds is 5. The fraction of sp³-hybridized carbons (Fsp3) is 0.538. The van der Waals surface area contributed by atoms with Gasteiger partial charge in [-0.1, -0.05) is 13.8 Å². The maximum absolute atomic E-state index is 10.0. The zero-order valence-electron chi connectivity index (χ0n) is 11.2. The van der Waals surface area contributed by atoms with E-state index in [1.165, 1.54) is 20.3 Å². The first-order valence-corrected chi connectivity index (χ1v) is 5.68. The van der Waals surface area contributed by atoms with Crippen molar-refractivity contribution in [3.05, 3.63) is 17.7 Å². The summed E-state index contributed by atoms with van der Waals surface area (Å²) in [5.41, 5.74) is 6.01. The Morgan fingerprint density at radius 1 is 1.28 bits per heavy atom. The van der Waals surface area contributed by atoms with Crippen LogP contribution in [0.3, 0.4) is 0 Å². The standard InChI is InChI=1S/C13H21NO4/c1-13(2,7-15)12(14)11-9(16)5-8(17-3)6-10(11)18-4/h5-6,12,15-16H,7,14H2,1-4H3/t12-/m0/s1. The average molecular weight is 255 g/mol. The molecule has 4 N–H and O–H groups in total. The van der Waals surface area contributed by atoms with Crippen LogP contribution >= 0.6 is 0 Å². The third kappa shape index (κ3) is 2.68. The van der Waals surface area contributed by atoms with E-state index in [0.717, 1.165) is 0 Å². The molecule has 0 fully saturated rings. The van der Waals surface area contributed by atoms with Gasteiger partial charge in [0.15, 0.2) is 0 Å². The van der Waals surface area contributed by atoms with Gasteiger partial charge in [-0.25, -0.2) is 0 Å². The topological polar surface area (TPSA) is 84.9 Å². The molecule has 0 saturated carbocycles. The van der Waals surface area contributed by atoms with Crippen molar-refractivity contribution >= 4 is 0 Å². The fourth-order valence-corrected chi connectivity index (χ4v) is 1.68. The maximum atomic E-state index is 10.0. The van der Waals surface area contributed by atoms with Crippen molar-refractivity contribution in [2.24, 2.45) is 11.1 Å². The number of aliphatic hydroxyl groups is 1. The number of phenols is 1. The van der Waals surface area contributed by atoms with E-state index in [2.05, 4.69) is 0 Å². The van der Waals surface area contributed by atoms with E-state index >= 15 is 0 Å². The van der Waals surface area contributed by atoms with Gasteiger partial charge in [0.1, 0.15) is 17.2 Å². The van der Waals surface area contributed by atoms with E-state index in [1.807, 2.05) is 13.8 Å². The summed E-state index contributed by atoms with van der Waals surface area (Å²) in [6.07, 6.45) is 0. The summed E-state index contributed by atoms with van der Waals surface area (Å²) in [6, 6.07) is 2.58. The molecule has 102 valence electrons. The van der Waals surface area contributed by atoms with Gasteiger partial charge in [0.05, 0.1) is 19.8 Å². The molecule has 0 bridgehead atoms. The Morgan fingerprint density at radius 3 is 2.33 bits per heavy atom. The number of aromatic hydroxyl groups is 1. The number of hydrogen-bond acceptors (Lipinski definition) is 5. The molecule has 0 spiro atoms. The summed E-state index contributed by atoms with van der Waals surface area (Å²) < 4.78 is 10.3.